The molecule has 1 fully saturated rings. The summed E-state index contributed by atoms with van der Waals surface area (Å²) in [6.07, 6.45) is 1.15. The van der Waals surface area contributed by atoms with E-state index in [1.54, 1.807) is 0 Å². The molecule has 0 saturated carbocycles. The average Bonchev–Trinajstić information content (AvgIpc) is 2.09. The highest BCUT2D eigenvalue weighted by molar-refractivity contribution is 4.81. The molecule has 0 radical (unpaired) electrons. The molecule has 2 unspecified atom stereocenters. The Morgan fingerprint density at radius 1 is 1.73 bits per heavy atom. The monoisotopic (exact) mass is 158 g/mol. The van der Waals surface area contributed by atoms with Crippen LogP contribution in [0.4, 0.5) is 0 Å². The molecule has 11 heavy (non-hydrogen) atoms. The average molecular weight is 158 g/mol. The zero-order chi connectivity index (χ0) is 8.10. The molecule has 66 valence electrons. The van der Waals surface area contributed by atoms with Crippen molar-refractivity contribution in [1.29, 1.82) is 0 Å². The van der Waals surface area contributed by atoms with E-state index >= 15 is 0 Å². The smallest absolute Gasteiger partial charge is 0.0635 e. The van der Waals surface area contributed by atoms with Crippen LogP contribution in [0.5, 0.6) is 0 Å². The summed E-state index contributed by atoms with van der Waals surface area (Å²) in [5.41, 5.74) is 0. The van der Waals surface area contributed by atoms with Gasteiger partial charge in [-0.3, -0.25) is 0 Å². The first-order valence-corrected chi connectivity index (χ1v) is 4.37. The molecule has 1 rings (SSSR count). The predicted octanol–water partition coefficient (Wildman–Crippen LogP) is -0.0272. The summed E-state index contributed by atoms with van der Waals surface area (Å²) in [6.45, 7) is 4.89. The lowest BCUT2D eigenvalue weighted by molar-refractivity contribution is 0.0641. The highest BCUT2D eigenvalue weighted by Gasteiger charge is 2.20. The van der Waals surface area contributed by atoms with Crippen molar-refractivity contribution in [2.45, 2.75) is 25.4 Å². The fraction of sp³-hybridized carbons (Fsp3) is 1.00. The Morgan fingerprint density at radius 2 is 2.55 bits per heavy atom. The van der Waals surface area contributed by atoms with Gasteiger partial charge in [-0.25, -0.2) is 0 Å². The highest BCUT2D eigenvalue weighted by Crippen LogP contribution is 2.02. The summed E-state index contributed by atoms with van der Waals surface area (Å²) < 4.78 is 5.36. The van der Waals surface area contributed by atoms with Crippen molar-refractivity contribution in [3.63, 3.8) is 0 Å². The highest BCUT2D eigenvalue weighted by atomic mass is 16.5. The summed E-state index contributed by atoms with van der Waals surface area (Å²) in [5.74, 6) is 0. The van der Waals surface area contributed by atoms with E-state index < -0.39 is 0 Å². The third kappa shape index (κ3) is 2.43. The van der Waals surface area contributed by atoms with Crippen LogP contribution in [-0.2, 0) is 4.74 Å². The molecule has 0 aromatic carbocycles. The van der Waals surface area contributed by atoms with Gasteiger partial charge in [0.2, 0.25) is 0 Å². The van der Waals surface area contributed by atoms with Gasteiger partial charge < -0.3 is 15.4 Å². The summed E-state index contributed by atoms with van der Waals surface area (Å²) in [6, 6.07) is 1.05. The lowest BCUT2D eigenvalue weighted by Gasteiger charge is -2.30. The van der Waals surface area contributed by atoms with E-state index in [9.17, 15) is 0 Å². The first kappa shape index (κ1) is 8.97. The maximum atomic E-state index is 5.36. The molecular formula is C8H18N2O. The van der Waals surface area contributed by atoms with Crippen molar-refractivity contribution < 1.29 is 4.74 Å². The topological polar surface area (TPSA) is 33.3 Å². The fourth-order valence-electron chi connectivity index (χ4n) is 1.53. The summed E-state index contributed by atoms with van der Waals surface area (Å²) in [5, 5.41) is 6.71. The van der Waals surface area contributed by atoms with Gasteiger partial charge in [-0.05, 0) is 13.5 Å². The van der Waals surface area contributed by atoms with Crippen LogP contribution < -0.4 is 10.6 Å². The molecule has 2 N–H and O–H groups in total. The molecule has 0 aromatic heterocycles. The minimum atomic E-state index is 0.499. The lowest BCUT2D eigenvalue weighted by Crippen LogP contribution is -2.52. The van der Waals surface area contributed by atoms with Crippen molar-refractivity contribution in [2.75, 3.05) is 26.8 Å². The SMILES string of the molecule is CCC(NC)C1COCCN1. The number of ether oxygens (including phenoxy) is 1. The van der Waals surface area contributed by atoms with E-state index in [-0.39, 0.29) is 0 Å². The van der Waals surface area contributed by atoms with Crippen LogP contribution in [0.1, 0.15) is 13.3 Å². The van der Waals surface area contributed by atoms with Crippen molar-refractivity contribution in [3.05, 3.63) is 0 Å². The van der Waals surface area contributed by atoms with Gasteiger partial charge in [0.15, 0.2) is 0 Å². The zero-order valence-electron chi connectivity index (χ0n) is 7.39. The van der Waals surface area contributed by atoms with Crippen LogP contribution in [0.15, 0.2) is 0 Å². The van der Waals surface area contributed by atoms with Gasteiger partial charge in [0, 0.05) is 18.6 Å². The summed E-state index contributed by atoms with van der Waals surface area (Å²) in [4.78, 5) is 0. The molecule has 0 spiro atoms. The van der Waals surface area contributed by atoms with E-state index in [4.69, 9.17) is 4.74 Å². The number of morpholine rings is 1. The van der Waals surface area contributed by atoms with Crippen molar-refractivity contribution in [1.82, 2.24) is 10.6 Å². The Balaban J connectivity index is 2.30. The number of hydrogen-bond donors (Lipinski definition) is 2. The molecule has 3 heteroatoms. The number of nitrogens with one attached hydrogen (secondary N) is 2. The van der Waals surface area contributed by atoms with E-state index in [1.807, 2.05) is 7.05 Å². The van der Waals surface area contributed by atoms with Crippen LogP contribution in [0.25, 0.3) is 0 Å². The quantitative estimate of drug-likeness (QED) is 0.605. The van der Waals surface area contributed by atoms with Gasteiger partial charge in [-0.1, -0.05) is 6.92 Å². The first-order chi connectivity index (χ1) is 5.38. The number of rotatable bonds is 3. The largest absolute Gasteiger partial charge is 0.378 e. The lowest BCUT2D eigenvalue weighted by atomic mass is 10.1. The molecule has 1 saturated heterocycles. The second-order valence-corrected chi connectivity index (χ2v) is 2.94. The summed E-state index contributed by atoms with van der Waals surface area (Å²) in [7, 11) is 2.00. The van der Waals surface area contributed by atoms with Gasteiger partial charge >= 0.3 is 0 Å². The maximum Gasteiger partial charge on any atom is 0.0635 e. The van der Waals surface area contributed by atoms with Gasteiger partial charge in [-0.2, -0.15) is 0 Å². The van der Waals surface area contributed by atoms with Crippen molar-refractivity contribution in [3.8, 4) is 0 Å². The van der Waals surface area contributed by atoms with Crippen molar-refractivity contribution >= 4 is 0 Å². The standard InChI is InChI=1S/C8H18N2O/c1-3-7(9-2)8-6-11-5-4-10-8/h7-10H,3-6H2,1-2H3. The molecule has 3 nitrogen and oxygen atoms in total. The van der Waals surface area contributed by atoms with Gasteiger partial charge in [0.25, 0.3) is 0 Å². The van der Waals surface area contributed by atoms with E-state index in [1.165, 1.54) is 0 Å². The summed E-state index contributed by atoms with van der Waals surface area (Å²) >= 11 is 0. The maximum absolute atomic E-state index is 5.36. The molecule has 0 aromatic rings. The van der Waals surface area contributed by atoms with Crippen LogP contribution in [-0.4, -0.2) is 38.9 Å². The molecule has 1 aliphatic rings. The van der Waals surface area contributed by atoms with Crippen LogP contribution in [0, 0.1) is 0 Å². The Bertz CT molecular complexity index is 98.3. The molecule has 0 amide bonds. The minimum Gasteiger partial charge on any atom is -0.378 e. The second kappa shape index (κ2) is 4.70. The van der Waals surface area contributed by atoms with Gasteiger partial charge in [0.1, 0.15) is 0 Å². The van der Waals surface area contributed by atoms with Crippen molar-refractivity contribution in [2.24, 2.45) is 0 Å². The Kier molecular flexibility index (Phi) is 3.83. The minimum absolute atomic E-state index is 0.499. The van der Waals surface area contributed by atoms with Crippen LogP contribution in [0.2, 0.25) is 0 Å². The first-order valence-electron chi connectivity index (χ1n) is 4.37. The Hall–Kier alpha value is -0.120. The second-order valence-electron chi connectivity index (χ2n) is 2.94. The van der Waals surface area contributed by atoms with E-state index in [2.05, 4.69) is 17.6 Å². The normalized spacial score (nSPS) is 28.4. The van der Waals surface area contributed by atoms with Gasteiger partial charge in [-0.15, -0.1) is 0 Å². The predicted molar refractivity (Wildman–Crippen MR) is 45.7 cm³/mol. The third-order valence-corrected chi connectivity index (χ3v) is 2.25. The molecular weight excluding hydrogens is 140 g/mol. The molecule has 1 aliphatic heterocycles. The molecule has 0 bridgehead atoms. The van der Waals surface area contributed by atoms with Gasteiger partial charge in [0.05, 0.1) is 13.2 Å². The number of likely N-dealkylation sites (N-methyl/N-ethyl adjacent to an activating group) is 1. The zero-order valence-corrected chi connectivity index (χ0v) is 7.39. The molecule has 1 heterocycles. The van der Waals surface area contributed by atoms with E-state index in [0.717, 1.165) is 26.2 Å². The molecule has 2 atom stereocenters. The van der Waals surface area contributed by atoms with Crippen LogP contribution >= 0.6 is 0 Å². The molecule has 0 aliphatic carbocycles. The third-order valence-electron chi connectivity index (χ3n) is 2.25. The Morgan fingerprint density at radius 3 is 3.00 bits per heavy atom. The van der Waals surface area contributed by atoms with Crippen LogP contribution in [0.3, 0.4) is 0 Å². The fourth-order valence-corrected chi connectivity index (χ4v) is 1.53. The number of hydrogen-bond acceptors (Lipinski definition) is 3. The Labute approximate surface area is 68.5 Å². The van der Waals surface area contributed by atoms with E-state index in [0.29, 0.717) is 12.1 Å².